The Bertz CT molecular complexity index is 449. The first-order valence-corrected chi connectivity index (χ1v) is 13.5. The largest absolute Gasteiger partial charge is 0.319 e. The zero-order valence-corrected chi connectivity index (χ0v) is 20.2. The van der Waals surface area contributed by atoms with Gasteiger partial charge in [-0.25, -0.2) is 0 Å². The van der Waals surface area contributed by atoms with Crippen LogP contribution in [0.3, 0.4) is 0 Å². The van der Waals surface area contributed by atoms with Crippen molar-refractivity contribution >= 4 is 10.1 Å². The average Bonchev–Trinajstić information content (AvgIpc) is 2.60. The Morgan fingerprint density at radius 2 is 0.964 bits per heavy atom. The molecule has 4 nitrogen and oxygen atoms in total. The molecule has 0 heterocycles. The predicted octanol–water partition coefficient (Wildman–Crippen LogP) is 6.95. The van der Waals surface area contributed by atoms with Crippen molar-refractivity contribution in [3.8, 4) is 0 Å². The van der Waals surface area contributed by atoms with Gasteiger partial charge >= 0.3 is 10.1 Å². The van der Waals surface area contributed by atoms with Crippen molar-refractivity contribution in [2.75, 3.05) is 20.6 Å². The summed E-state index contributed by atoms with van der Waals surface area (Å²) in [4.78, 5) is 0. The van der Waals surface area contributed by atoms with Gasteiger partial charge in [0.1, 0.15) is 0 Å². The van der Waals surface area contributed by atoms with Crippen LogP contribution in [0, 0.1) is 0 Å². The Labute approximate surface area is 176 Å². The van der Waals surface area contributed by atoms with Crippen LogP contribution in [0.25, 0.3) is 0 Å². The molecule has 0 saturated carbocycles. The molecule has 0 aliphatic heterocycles. The van der Waals surface area contributed by atoms with Crippen LogP contribution in [0.5, 0.6) is 0 Å². The maximum Gasteiger partial charge on any atom is 0.319 e. The summed E-state index contributed by atoms with van der Waals surface area (Å²) in [5.41, 5.74) is 0. The van der Waals surface area contributed by atoms with Gasteiger partial charge < -0.3 is 4.48 Å². The van der Waals surface area contributed by atoms with E-state index in [1.54, 1.807) is 0 Å². The van der Waals surface area contributed by atoms with Gasteiger partial charge in [-0.15, -0.1) is 0 Å². The summed E-state index contributed by atoms with van der Waals surface area (Å²) in [5, 5.41) is -0.705. The van der Waals surface area contributed by atoms with Gasteiger partial charge in [-0.3, -0.25) is 4.55 Å². The lowest BCUT2D eigenvalue weighted by atomic mass is 10.0. The molecule has 1 unspecified atom stereocenters. The van der Waals surface area contributed by atoms with Crippen molar-refractivity contribution in [2.24, 2.45) is 0 Å². The maximum atomic E-state index is 11.5. The molecule has 0 aromatic heterocycles. The zero-order valence-electron chi connectivity index (χ0n) is 19.4. The second-order valence-corrected chi connectivity index (χ2v) is 10.8. The van der Waals surface area contributed by atoms with E-state index in [1.165, 1.54) is 89.9 Å². The molecule has 0 aromatic carbocycles. The van der Waals surface area contributed by atoms with Crippen molar-refractivity contribution in [2.45, 2.75) is 128 Å². The molecule has 0 saturated heterocycles. The quantitative estimate of drug-likeness (QED) is 0.132. The van der Waals surface area contributed by atoms with Gasteiger partial charge in [0.15, 0.2) is 0 Å². The third-order valence-electron chi connectivity index (χ3n) is 6.06. The van der Waals surface area contributed by atoms with Crippen LogP contribution in [0.4, 0.5) is 0 Å². The highest BCUT2D eigenvalue weighted by molar-refractivity contribution is 7.86. The molecule has 0 aliphatic rings. The first-order valence-electron chi connectivity index (χ1n) is 12.0. The summed E-state index contributed by atoms with van der Waals surface area (Å²) in [6.07, 6.45) is 21.9. The van der Waals surface area contributed by atoms with E-state index in [2.05, 4.69) is 6.92 Å². The fourth-order valence-electron chi connectivity index (χ4n) is 4.28. The first kappa shape index (κ1) is 27.9. The highest BCUT2D eigenvalue weighted by atomic mass is 32.2. The fraction of sp³-hybridized carbons (Fsp3) is 1.00. The molecule has 0 spiro atoms. The molecule has 0 amide bonds. The molecule has 0 bridgehead atoms. The molecule has 0 radical (unpaired) electrons. The topological polar surface area (TPSA) is 54.4 Å². The Morgan fingerprint density at radius 3 is 1.25 bits per heavy atom. The lowest BCUT2D eigenvalue weighted by Crippen LogP contribution is -2.52. The predicted molar refractivity (Wildman–Crippen MR) is 122 cm³/mol. The molecule has 1 atom stereocenters. The van der Waals surface area contributed by atoms with E-state index in [1.807, 2.05) is 21.0 Å². The number of hydrogen-bond acceptors (Lipinski definition) is 2. The normalized spacial score (nSPS) is 13.8. The molecular weight excluding hydrogens is 370 g/mol. The highest BCUT2D eigenvalue weighted by Gasteiger charge is 2.36. The molecular formula is C23H50NO3S+. The summed E-state index contributed by atoms with van der Waals surface area (Å²) in [5.74, 6) is 0. The Kier molecular flexibility index (Phi) is 16.6. The summed E-state index contributed by atoms with van der Waals surface area (Å²) in [6, 6.07) is 0. The van der Waals surface area contributed by atoms with Crippen molar-refractivity contribution in [1.82, 2.24) is 0 Å². The SMILES string of the molecule is CCCCCCCCCCCCCCCCCC[N+](C)(C)C(CC)S(=O)(=O)O. The van der Waals surface area contributed by atoms with Gasteiger partial charge in [-0.2, -0.15) is 8.42 Å². The molecule has 0 aromatic rings. The molecule has 0 rings (SSSR count). The molecule has 0 fully saturated rings. The van der Waals surface area contributed by atoms with E-state index in [-0.39, 0.29) is 0 Å². The summed E-state index contributed by atoms with van der Waals surface area (Å²) in [6.45, 7) is 4.90. The van der Waals surface area contributed by atoms with Crippen LogP contribution in [-0.4, -0.2) is 43.5 Å². The van der Waals surface area contributed by atoms with Crippen molar-refractivity contribution < 1.29 is 17.5 Å². The number of quaternary nitrogens is 1. The molecule has 5 heteroatoms. The zero-order chi connectivity index (χ0) is 21.3. The average molecular weight is 421 g/mol. The monoisotopic (exact) mass is 420 g/mol. The first-order chi connectivity index (χ1) is 13.3. The van der Waals surface area contributed by atoms with E-state index in [9.17, 15) is 13.0 Å². The Hall–Kier alpha value is -0.130. The van der Waals surface area contributed by atoms with Crippen LogP contribution in [0.15, 0.2) is 0 Å². The smallest absolute Gasteiger partial charge is 0.312 e. The minimum absolute atomic E-state index is 0.355. The lowest BCUT2D eigenvalue weighted by Gasteiger charge is -2.35. The Balaban J connectivity index is 3.48. The standard InChI is InChI=1S/C23H49NO3S/c1-5-7-8-9-10-11-12-13-14-15-16-17-18-19-20-21-22-24(3,4)23(6-2)28(25,26)27/h23H,5-22H2,1-4H3/p+1. The number of rotatable bonds is 20. The maximum absolute atomic E-state index is 11.5. The van der Waals surface area contributed by atoms with E-state index in [0.717, 1.165) is 19.4 Å². The number of unbranched alkanes of at least 4 members (excludes halogenated alkanes) is 15. The molecule has 28 heavy (non-hydrogen) atoms. The molecule has 170 valence electrons. The van der Waals surface area contributed by atoms with Gasteiger partial charge in [0.25, 0.3) is 0 Å². The number of nitrogens with zero attached hydrogens (tertiary/aromatic N) is 1. The van der Waals surface area contributed by atoms with Gasteiger partial charge in [-0.1, -0.05) is 104 Å². The Morgan fingerprint density at radius 1 is 0.643 bits per heavy atom. The van der Waals surface area contributed by atoms with E-state index in [0.29, 0.717) is 10.9 Å². The molecule has 1 N–H and O–H groups in total. The summed E-state index contributed by atoms with van der Waals surface area (Å²) in [7, 11) is -0.153. The highest BCUT2D eigenvalue weighted by Crippen LogP contribution is 2.19. The van der Waals surface area contributed by atoms with Gasteiger partial charge in [0.05, 0.1) is 20.6 Å². The lowest BCUT2D eigenvalue weighted by molar-refractivity contribution is -0.902. The van der Waals surface area contributed by atoms with Crippen LogP contribution >= 0.6 is 0 Å². The summed E-state index contributed by atoms with van der Waals surface area (Å²) >= 11 is 0. The van der Waals surface area contributed by atoms with Crippen molar-refractivity contribution in [3.05, 3.63) is 0 Å². The van der Waals surface area contributed by atoms with Crippen molar-refractivity contribution in [3.63, 3.8) is 0 Å². The van der Waals surface area contributed by atoms with Crippen LogP contribution in [0.1, 0.15) is 123 Å². The second-order valence-electron chi connectivity index (χ2n) is 9.18. The van der Waals surface area contributed by atoms with Gasteiger partial charge in [-0.05, 0) is 12.8 Å². The number of hydrogen-bond donors (Lipinski definition) is 1. The van der Waals surface area contributed by atoms with Gasteiger partial charge in [0.2, 0.25) is 5.37 Å². The van der Waals surface area contributed by atoms with E-state index < -0.39 is 15.5 Å². The second kappa shape index (κ2) is 16.6. The third kappa shape index (κ3) is 14.8. The minimum Gasteiger partial charge on any atom is -0.312 e. The summed E-state index contributed by atoms with van der Waals surface area (Å²) < 4.78 is 32.8. The molecule has 0 aliphatic carbocycles. The van der Waals surface area contributed by atoms with E-state index in [4.69, 9.17) is 0 Å². The van der Waals surface area contributed by atoms with Crippen LogP contribution < -0.4 is 0 Å². The van der Waals surface area contributed by atoms with Crippen LogP contribution in [-0.2, 0) is 10.1 Å². The van der Waals surface area contributed by atoms with Gasteiger partial charge in [0, 0.05) is 6.42 Å². The fourth-order valence-corrected chi connectivity index (χ4v) is 5.52. The minimum atomic E-state index is -3.97. The third-order valence-corrected chi connectivity index (χ3v) is 7.65. The van der Waals surface area contributed by atoms with Crippen LogP contribution in [0.2, 0.25) is 0 Å². The van der Waals surface area contributed by atoms with Crippen molar-refractivity contribution in [1.29, 1.82) is 0 Å². The van der Waals surface area contributed by atoms with E-state index >= 15 is 0 Å².